The number of H-pyrrole nitrogens is 1. The monoisotopic (exact) mass is 451 g/mol. The van der Waals surface area contributed by atoms with Crippen LogP contribution in [-0.2, 0) is 6.54 Å². The smallest absolute Gasteiger partial charge is 0.328 e. The van der Waals surface area contributed by atoms with E-state index in [2.05, 4.69) is 4.98 Å². The van der Waals surface area contributed by atoms with E-state index < -0.39 is 11.2 Å². The lowest BCUT2D eigenvalue weighted by Crippen LogP contribution is -2.36. The summed E-state index contributed by atoms with van der Waals surface area (Å²) in [6.45, 7) is -0.0740. The van der Waals surface area contributed by atoms with E-state index in [4.69, 9.17) is 49.5 Å². The van der Waals surface area contributed by atoms with Crippen LogP contribution in [-0.4, -0.2) is 16.2 Å². The summed E-state index contributed by atoms with van der Waals surface area (Å²) in [4.78, 5) is 26.1. The van der Waals surface area contributed by atoms with Gasteiger partial charge in [0.1, 0.15) is 17.4 Å². The Kier molecular flexibility index (Phi) is 6.49. The van der Waals surface area contributed by atoms with Crippen molar-refractivity contribution in [2.24, 2.45) is 0 Å². The highest BCUT2D eigenvalue weighted by Gasteiger charge is 2.11. The number of aromatic nitrogens is 2. The molecule has 3 aromatic rings. The first kappa shape index (κ1) is 20.8. The molecule has 0 fully saturated rings. The van der Waals surface area contributed by atoms with Gasteiger partial charge in [0.05, 0.1) is 18.2 Å². The number of benzene rings is 2. The lowest BCUT2D eigenvalue weighted by atomic mass is 10.2. The topological polar surface area (TPSA) is 97.1 Å². The number of aromatic amines is 1. The largest absolute Gasteiger partial charge is 0.488 e. The van der Waals surface area contributed by atoms with Crippen molar-refractivity contribution in [3.05, 3.63) is 84.1 Å². The summed E-state index contributed by atoms with van der Waals surface area (Å²) < 4.78 is 12.4. The highest BCUT2D eigenvalue weighted by Crippen LogP contribution is 2.35. The van der Waals surface area contributed by atoms with Crippen molar-refractivity contribution in [3.63, 3.8) is 0 Å². The number of hydrogen-bond acceptors (Lipinski definition) is 5. The summed E-state index contributed by atoms with van der Waals surface area (Å²) >= 11 is 17.8. The maximum atomic E-state index is 12.0. The van der Waals surface area contributed by atoms with E-state index in [9.17, 15) is 9.59 Å². The van der Waals surface area contributed by atoms with Crippen LogP contribution in [0.5, 0.6) is 17.2 Å². The van der Waals surface area contributed by atoms with Gasteiger partial charge in [-0.25, -0.2) is 4.79 Å². The van der Waals surface area contributed by atoms with E-state index in [0.29, 0.717) is 27.1 Å². The minimum absolute atomic E-state index is 0.0287. The molecule has 0 aliphatic carbocycles. The van der Waals surface area contributed by atoms with Gasteiger partial charge in [0.25, 0.3) is 5.56 Å². The SMILES string of the molecule is N#Cc1cc(Cl)cc(Oc2ccc(Cl)cc2OCCn2c(=O)[nH]cc(Cl)c2=O)c1. The lowest BCUT2D eigenvalue weighted by molar-refractivity contribution is 0.281. The first-order valence-corrected chi connectivity index (χ1v) is 9.29. The Morgan fingerprint density at radius 3 is 2.59 bits per heavy atom. The molecule has 0 spiro atoms. The van der Waals surface area contributed by atoms with Crippen molar-refractivity contribution >= 4 is 34.8 Å². The molecule has 0 amide bonds. The van der Waals surface area contributed by atoms with Crippen LogP contribution in [0.3, 0.4) is 0 Å². The maximum absolute atomic E-state index is 12.0. The second-order valence-electron chi connectivity index (χ2n) is 5.73. The third kappa shape index (κ3) is 5.12. The third-order valence-corrected chi connectivity index (χ3v) is 4.45. The van der Waals surface area contributed by atoms with E-state index in [1.807, 2.05) is 6.07 Å². The van der Waals surface area contributed by atoms with Gasteiger partial charge in [0, 0.05) is 22.3 Å². The molecule has 0 atom stereocenters. The molecule has 0 saturated carbocycles. The molecule has 2 aromatic carbocycles. The van der Waals surface area contributed by atoms with Crippen molar-refractivity contribution in [1.29, 1.82) is 5.26 Å². The molecule has 7 nitrogen and oxygen atoms in total. The summed E-state index contributed by atoms with van der Waals surface area (Å²) in [6, 6.07) is 11.3. The Hall–Kier alpha value is -2.92. The van der Waals surface area contributed by atoms with Crippen molar-refractivity contribution < 1.29 is 9.47 Å². The van der Waals surface area contributed by atoms with Crippen LogP contribution in [0.25, 0.3) is 0 Å². The average Bonchev–Trinajstić information content (AvgIpc) is 2.69. The van der Waals surface area contributed by atoms with Crippen LogP contribution >= 0.6 is 34.8 Å². The zero-order valence-corrected chi connectivity index (χ0v) is 16.9. The first-order valence-electron chi connectivity index (χ1n) is 8.16. The summed E-state index contributed by atoms with van der Waals surface area (Å²) in [5.41, 5.74) is -0.887. The molecule has 0 aliphatic heterocycles. The molecule has 0 aliphatic rings. The molecule has 1 aromatic heterocycles. The fraction of sp³-hybridized carbons (Fsp3) is 0.105. The normalized spacial score (nSPS) is 10.4. The van der Waals surface area contributed by atoms with Crippen molar-refractivity contribution in [3.8, 4) is 23.3 Å². The molecule has 29 heavy (non-hydrogen) atoms. The van der Waals surface area contributed by atoms with Gasteiger partial charge in [0.15, 0.2) is 11.5 Å². The minimum Gasteiger partial charge on any atom is -0.488 e. The van der Waals surface area contributed by atoms with Crippen LogP contribution in [0.2, 0.25) is 15.1 Å². The Labute approximate surface area is 179 Å². The van der Waals surface area contributed by atoms with Crippen molar-refractivity contribution in [1.82, 2.24) is 9.55 Å². The van der Waals surface area contributed by atoms with E-state index in [1.165, 1.54) is 18.2 Å². The van der Waals surface area contributed by atoms with Gasteiger partial charge in [0.2, 0.25) is 0 Å². The fourth-order valence-corrected chi connectivity index (χ4v) is 2.97. The molecule has 148 valence electrons. The second kappa shape index (κ2) is 9.05. The number of rotatable bonds is 6. The van der Waals surface area contributed by atoms with Gasteiger partial charge < -0.3 is 14.5 Å². The molecular weight excluding hydrogens is 441 g/mol. The van der Waals surface area contributed by atoms with Crippen molar-refractivity contribution in [2.45, 2.75) is 6.54 Å². The van der Waals surface area contributed by atoms with Gasteiger partial charge in [-0.2, -0.15) is 5.26 Å². The van der Waals surface area contributed by atoms with Gasteiger partial charge in [-0.15, -0.1) is 0 Å². The molecular formula is C19H12Cl3N3O4. The average molecular weight is 453 g/mol. The van der Waals surface area contributed by atoms with E-state index >= 15 is 0 Å². The van der Waals surface area contributed by atoms with E-state index in [1.54, 1.807) is 18.2 Å². The van der Waals surface area contributed by atoms with Gasteiger partial charge in [-0.1, -0.05) is 34.8 Å². The molecule has 0 bridgehead atoms. The summed E-state index contributed by atoms with van der Waals surface area (Å²) in [7, 11) is 0. The molecule has 1 N–H and O–H groups in total. The predicted octanol–water partition coefficient (Wildman–Crippen LogP) is 4.24. The molecule has 0 unspecified atom stereocenters. The standard InChI is InChI=1S/C19H12Cl3N3O4/c20-12-1-2-16(29-14-6-11(9-23)5-13(21)7-14)17(8-12)28-4-3-25-18(26)15(22)10-24-19(25)27/h1-2,5-8,10H,3-4H2,(H,24,27). The number of halogens is 3. The number of nitrogens with one attached hydrogen (secondary N) is 1. The van der Waals surface area contributed by atoms with E-state index in [-0.39, 0.29) is 23.9 Å². The Morgan fingerprint density at radius 1 is 1.03 bits per heavy atom. The zero-order valence-electron chi connectivity index (χ0n) is 14.6. The van der Waals surface area contributed by atoms with Gasteiger partial charge in [-0.3, -0.25) is 9.36 Å². The van der Waals surface area contributed by atoms with Gasteiger partial charge in [-0.05, 0) is 30.3 Å². The Morgan fingerprint density at radius 2 is 1.83 bits per heavy atom. The maximum Gasteiger partial charge on any atom is 0.328 e. The minimum atomic E-state index is -0.621. The van der Waals surface area contributed by atoms with Crippen LogP contribution in [0, 0.1) is 11.3 Å². The predicted molar refractivity (Wildman–Crippen MR) is 110 cm³/mol. The number of hydrogen-bond donors (Lipinski definition) is 1. The molecule has 0 saturated heterocycles. The molecule has 3 rings (SSSR count). The van der Waals surface area contributed by atoms with Gasteiger partial charge >= 0.3 is 5.69 Å². The molecule has 10 heteroatoms. The van der Waals surface area contributed by atoms with Crippen LogP contribution in [0.15, 0.2) is 52.2 Å². The number of nitrogens with zero attached hydrogens (tertiary/aromatic N) is 2. The van der Waals surface area contributed by atoms with Crippen molar-refractivity contribution in [2.75, 3.05) is 6.61 Å². The number of nitriles is 1. The molecule has 1 heterocycles. The van der Waals surface area contributed by atoms with Crippen LogP contribution in [0.1, 0.15) is 5.56 Å². The van der Waals surface area contributed by atoms with Crippen LogP contribution < -0.4 is 20.7 Å². The first-order chi connectivity index (χ1) is 13.9. The highest BCUT2D eigenvalue weighted by molar-refractivity contribution is 6.31. The lowest BCUT2D eigenvalue weighted by Gasteiger charge is -2.14. The zero-order chi connectivity index (χ0) is 21.0. The fourth-order valence-electron chi connectivity index (χ4n) is 2.43. The van der Waals surface area contributed by atoms with E-state index in [0.717, 1.165) is 10.8 Å². The summed E-state index contributed by atoms with van der Waals surface area (Å²) in [6.07, 6.45) is 1.13. The Bertz CT molecular complexity index is 1210. The second-order valence-corrected chi connectivity index (χ2v) is 7.01. The van der Waals surface area contributed by atoms with Crippen LogP contribution in [0.4, 0.5) is 0 Å². The quantitative estimate of drug-likeness (QED) is 0.603. The Balaban J connectivity index is 1.81. The molecule has 0 radical (unpaired) electrons. The number of ether oxygens (including phenoxy) is 2. The third-order valence-electron chi connectivity index (χ3n) is 3.72. The highest BCUT2D eigenvalue weighted by atomic mass is 35.5. The summed E-state index contributed by atoms with van der Waals surface area (Å²) in [5.74, 6) is 0.930. The summed E-state index contributed by atoms with van der Waals surface area (Å²) in [5, 5.41) is 9.69.